The second-order valence-electron chi connectivity index (χ2n) is 4.29. The van der Waals surface area contributed by atoms with Gasteiger partial charge in [-0.25, -0.2) is 4.98 Å². The molecule has 106 valence electrons. The van der Waals surface area contributed by atoms with Crippen LogP contribution in [0.1, 0.15) is 6.92 Å². The summed E-state index contributed by atoms with van der Waals surface area (Å²) in [7, 11) is 5.36. The van der Waals surface area contributed by atoms with Crippen LogP contribution in [0.25, 0.3) is 11.4 Å². The largest absolute Gasteiger partial charge is 0.481 e. The summed E-state index contributed by atoms with van der Waals surface area (Å²) in [5.74, 6) is 2.26. The predicted octanol–water partition coefficient (Wildman–Crippen LogP) is 1.44. The third kappa shape index (κ3) is 3.11. The molecule has 2 aromatic heterocycles. The van der Waals surface area contributed by atoms with Crippen molar-refractivity contribution >= 4 is 11.9 Å². The quantitative estimate of drug-likeness (QED) is 0.884. The Morgan fingerprint density at radius 1 is 1.25 bits per heavy atom. The fraction of sp³-hybridized carbons (Fsp3) is 0.385. The highest BCUT2D eigenvalue weighted by atomic mass is 16.5. The molecule has 7 heteroatoms. The summed E-state index contributed by atoms with van der Waals surface area (Å²) < 4.78 is 5.12. The molecule has 2 rings (SSSR count). The number of hydrogen-bond acceptors (Lipinski definition) is 7. The number of rotatable bonds is 5. The van der Waals surface area contributed by atoms with E-state index in [1.54, 1.807) is 19.4 Å². The summed E-state index contributed by atoms with van der Waals surface area (Å²) in [5.41, 5.74) is 0.835. The molecule has 0 saturated carbocycles. The van der Waals surface area contributed by atoms with E-state index in [4.69, 9.17) is 4.74 Å². The predicted molar refractivity (Wildman–Crippen MR) is 78.1 cm³/mol. The zero-order valence-electron chi connectivity index (χ0n) is 12.1. The van der Waals surface area contributed by atoms with Crippen LogP contribution in [0.15, 0.2) is 18.3 Å². The van der Waals surface area contributed by atoms with E-state index in [0.717, 1.165) is 12.1 Å². The maximum atomic E-state index is 5.12. The second kappa shape index (κ2) is 6.14. The average molecular weight is 274 g/mol. The molecule has 20 heavy (non-hydrogen) atoms. The number of nitrogens with one attached hydrogen (secondary N) is 1. The Bertz CT molecular complexity index is 587. The number of pyridine rings is 1. The highest BCUT2D eigenvalue weighted by molar-refractivity contribution is 5.59. The number of methoxy groups -OCH3 is 1. The maximum absolute atomic E-state index is 5.12. The summed E-state index contributed by atoms with van der Waals surface area (Å²) in [6.07, 6.45) is 1.67. The molecule has 0 spiro atoms. The van der Waals surface area contributed by atoms with Crippen LogP contribution in [-0.4, -0.2) is 47.7 Å². The lowest BCUT2D eigenvalue weighted by Crippen LogP contribution is -2.15. The molecule has 0 unspecified atom stereocenters. The van der Waals surface area contributed by atoms with Gasteiger partial charge >= 0.3 is 0 Å². The lowest BCUT2D eigenvalue weighted by atomic mass is 10.2. The average Bonchev–Trinajstić information content (AvgIpc) is 2.47. The van der Waals surface area contributed by atoms with Gasteiger partial charge in [0.25, 0.3) is 0 Å². The standard InChI is InChI=1S/C13H18N6O/c1-5-14-12-16-11(17-13(18-12)19(2)3)9-6-7-15-10(8-9)20-4/h6-8H,5H2,1-4H3,(H,14,16,17,18). The third-order valence-corrected chi connectivity index (χ3v) is 2.56. The fourth-order valence-electron chi connectivity index (χ4n) is 1.59. The van der Waals surface area contributed by atoms with E-state index >= 15 is 0 Å². The van der Waals surface area contributed by atoms with Crippen LogP contribution in [0.2, 0.25) is 0 Å². The Balaban J connectivity index is 2.48. The van der Waals surface area contributed by atoms with Gasteiger partial charge in [0.2, 0.25) is 17.8 Å². The van der Waals surface area contributed by atoms with Gasteiger partial charge in [-0.2, -0.15) is 15.0 Å². The van der Waals surface area contributed by atoms with Gasteiger partial charge < -0.3 is 15.0 Å². The third-order valence-electron chi connectivity index (χ3n) is 2.56. The number of ether oxygens (including phenoxy) is 1. The van der Waals surface area contributed by atoms with Crippen molar-refractivity contribution in [2.45, 2.75) is 6.92 Å². The van der Waals surface area contributed by atoms with Crippen molar-refractivity contribution in [2.24, 2.45) is 0 Å². The van der Waals surface area contributed by atoms with Gasteiger partial charge in [0.15, 0.2) is 5.82 Å². The van der Waals surface area contributed by atoms with Gasteiger partial charge in [-0.3, -0.25) is 0 Å². The molecule has 0 atom stereocenters. The normalized spacial score (nSPS) is 10.2. The van der Waals surface area contributed by atoms with Crippen LogP contribution < -0.4 is 15.0 Å². The molecule has 0 aromatic carbocycles. The minimum Gasteiger partial charge on any atom is -0.481 e. The van der Waals surface area contributed by atoms with Crippen molar-refractivity contribution in [3.8, 4) is 17.3 Å². The first-order valence-corrected chi connectivity index (χ1v) is 6.31. The molecular weight excluding hydrogens is 256 g/mol. The number of aromatic nitrogens is 4. The van der Waals surface area contributed by atoms with Crippen molar-refractivity contribution < 1.29 is 4.74 Å². The molecule has 0 fully saturated rings. The number of hydrogen-bond donors (Lipinski definition) is 1. The van der Waals surface area contributed by atoms with E-state index in [1.165, 1.54) is 0 Å². The Hall–Kier alpha value is -2.44. The van der Waals surface area contributed by atoms with Crippen molar-refractivity contribution in [3.63, 3.8) is 0 Å². The Morgan fingerprint density at radius 2 is 2.05 bits per heavy atom. The van der Waals surface area contributed by atoms with Crippen molar-refractivity contribution in [2.75, 3.05) is 38.0 Å². The number of nitrogens with zero attached hydrogens (tertiary/aromatic N) is 5. The minimum atomic E-state index is 0.527. The van der Waals surface area contributed by atoms with Crippen LogP contribution in [-0.2, 0) is 0 Å². The topological polar surface area (TPSA) is 76.1 Å². The van der Waals surface area contributed by atoms with Crippen LogP contribution in [0.4, 0.5) is 11.9 Å². The summed E-state index contributed by atoms with van der Waals surface area (Å²) in [5, 5.41) is 3.11. The Kier molecular flexibility index (Phi) is 4.29. The first-order valence-electron chi connectivity index (χ1n) is 6.31. The summed E-state index contributed by atoms with van der Waals surface area (Å²) in [6.45, 7) is 2.74. The second-order valence-corrected chi connectivity index (χ2v) is 4.29. The van der Waals surface area contributed by atoms with E-state index in [2.05, 4.69) is 25.3 Å². The molecule has 2 aromatic rings. The van der Waals surface area contributed by atoms with E-state index in [0.29, 0.717) is 23.6 Å². The van der Waals surface area contributed by atoms with E-state index < -0.39 is 0 Å². The number of anilines is 2. The molecule has 0 amide bonds. The maximum Gasteiger partial charge on any atom is 0.230 e. The van der Waals surface area contributed by atoms with Crippen molar-refractivity contribution in [1.82, 2.24) is 19.9 Å². The minimum absolute atomic E-state index is 0.527. The van der Waals surface area contributed by atoms with Gasteiger partial charge in [-0.15, -0.1) is 0 Å². The van der Waals surface area contributed by atoms with Crippen molar-refractivity contribution in [3.05, 3.63) is 18.3 Å². The highest BCUT2D eigenvalue weighted by Gasteiger charge is 2.10. The van der Waals surface area contributed by atoms with E-state index in [1.807, 2.05) is 32.0 Å². The van der Waals surface area contributed by atoms with Gasteiger partial charge in [0.05, 0.1) is 7.11 Å². The molecule has 0 aliphatic carbocycles. The first kappa shape index (κ1) is 14.0. The molecule has 0 radical (unpaired) electrons. The Morgan fingerprint density at radius 3 is 2.70 bits per heavy atom. The smallest absolute Gasteiger partial charge is 0.230 e. The Labute approximate surface area is 118 Å². The van der Waals surface area contributed by atoms with Gasteiger partial charge in [0.1, 0.15) is 0 Å². The summed E-state index contributed by atoms with van der Waals surface area (Å²) in [6, 6.07) is 3.64. The lowest BCUT2D eigenvalue weighted by molar-refractivity contribution is 0.398. The molecular formula is C13H18N6O. The molecule has 0 aliphatic rings. The first-order chi connectivity index (χ1) is 9.63. The zero-order chi connectivity index (χ0) is 14.5. The molecule has 2 heterocycles. The molecule has 0 bridgehead atoms. The summed E-state index contributed by atoms with van der Waals surface area (Å²) in [4.78, 5) is 19.1. The van der Waals surface area contributed by atoms with Crippen LogP contribution in [0, 0.1) is 0 Å². The van der Waals surface area contributed by atoms with Gasteiger partial charge in [-0.1, -0.05) is 0 Å². The SMILES string of the molecule is CCNc1nc(-c2ccnc(OC)c2)nc(N(C)C)n1. The van der Waals surface area contributed by atoms with Gasteiger partial charge in [-0.05, 0) is 13.0 Å². The zero-order valence-corrected chi connectivity index (χ0v) is 12.1. The fourth-order valence-corrected chi connectivity index (χ4v) is 1.59. The van der Waals surface area contributed by atoms with Crippen LogP contribution >= 0.6 is 0 Å². The monoisotopic (exact) mass is 274 g/mol. The molecule has 7 nitrogen and oxygen atoms in total. The lowest BCUT2D eigenvalue weighted by Gasteiger charge is -2.13. The summed E-state index contributed by atoms with van der Waals surface area (Å²) >= 11 is 0. The highest BCUT2D eigenvalue weighted by Crippen LogP contribution is 2.21. The van der Waals surface area contributed by atoms with Crippen LogP contribution in [0.5, 0.6) is 5.88 Å². The van der Waals surface area contributed by atoms with E-state index in [9.17, 15) is 0 Å². The molecule has 1 N–H and O–H groups in total. The van der Waals surface area contributed by atoms with E-state index in [-0.39, 0.29) is 0 Å². The van der Waals surface area contributed by atoms with Gasteiger partial charge in [0, 0.05) is 38.5 Å². The molecule has 0 saturated heterocycles. The van der Waals surface area contributed by atoms with Crippen LogP contribution in [0.3, 0.4) is 0 Å². The molecule has 0 aliphatic heterocycles. The van der Waals surface area contributed by atoms with Crippen molar-refractivity contribution in [1.29, 1.82) is 0 Å².